The first-order valence-electron chi connectivity index (χ1n) is 10.1. The monoisotopic (exact) mass is 431 g/mol. The molecule has 0 amide bonds. The summed E-state index contributed by atoms with van der Waals surface area (Å²) in [4.78, 5) is 8.81. The van der Waals surface area contributed by atoms with Crippen LogP contribution < -0.4 is 10.1 Å². The zero-order chi connectivity index (χ0) is 21.1. The van der Waals surface area contributed by atoms with Crippen LogP contribution in [-0.4, -0.2) is 55.3 Å². The second-order valence-electron chi connectivity index (χ2n) is 7.87. The number of anilines is 1. The Balaban J connectivity index is 1.65. The molecule has 0 radical (unpaired) electrons. The maximum Gasteiger partial charge on any atom is 0.163 e. The number of rotatable bonds is 8. The number of halogens is 1. The maximum atomic E-state index is 9.77. The minimum Gasteiger partial charge on any atom is -0.497 e. The van der Waals surface area contributed by atoms with Crippen LogP contribution >= 0.6 is 11.6 Å². The quantitative estimate of drug-likeness (QED) is 0.503. The fourth-order valence-electron chi connectivity index (χ4n) is 4.21. The Bertz CT molecular complexity index is 1020. The van der Waals surface area contributed by atoms with E-state index in [-0.39, 0.29) is 18.7 Å². The third kappa shape index (κ3) is 4.21. The SMILES string of the molecule is COc1ccc(Cl)c(CC2(Nc3ncnc4c3cnn4CC(O)CO)CCCC2)c1. The lowest BCUT2D eigenvalue weighted by Gasteiger charge is -2.32. The highest BCUT2D eigenvalue weighted by atomic mass is 35.5. The van der Waals surface area contributed by atoms with Gasteiger partial charge in [0, 0.05) is 10.6 Å². The summed E-state index contributed by atoms with van der Waals surface area (Å²) in [6, 6.07) is 5.73. The van der Waals surface area contributed by atoms with E-state index in [0.717, 1.165) is 53.8 Å². The van der Waals surface area contributed by atoms with E-state index in [4.69, 9.17) is 21.4 Å². The molecule has 1 saturated carbocycles. The Morgan fingerprint density at radius 1 is 1.30 bits per heavy atom. The Labute approximate surface area is 179 Å². The van der Waals surface area contributed by atoms with Crippen LogP contribution in [0.4, 0.5) is 5.82 Å². The van der Waals surface area contributed by atoms with Crippen molar-refractivity contribution in [1.29, 1.82) is 0 Å². The van der Waals surface area contributed by atoms with Crippen LogP contribution in [-0.2, 0) is 13.0 Å². The topological polar surface area (TPSA) is 105 Å². The summed E-state index contributed by atoms with van der Waals surface area (Å²) in [6.07, 6.45) is 7.32. The molecule has 0 spiro atoms. The van der Waals surface area contributed by atoms with Gasteiger partial charge in [-0.1, -0.05) is 24.4 Å². The number of aromatic nitrogens is 4. The zero-order valence-corrected chi connectivity index (χ0v) is 17.6. The molecule has 1 atom stereocenters. The van der Waals surface area contributed by atoms with Gasteiger partial charge in [0.25, 0.3) is 0 Å². The molecule has 1 aliphatic carbocycles. The maximum absolute atomic E-state index is 9.77. The number of aliphatic hydroxyl groups is 2. The summed E-state index contributed by atoms with van der Waals surface area (Å²) in [7, 11) is 1.65. The molecule has 0 saturated heterocycles. The second kappa shape index (κ2) is 8.75. The van der Waals surface area contributed by atoms with Gasteiger partial charge >= 0.3 is 0 Å². The molecule has 0 bridgehead atoms. The number of nitrogens with zero attached hydrogens (tertiary/aromatic N) is 4. The van der Waals surface area contributed by atoms with Gasteiger partial charge < -0.3 is 20.3 Å². The van der Waals surface area contributed by atoms with Crippen molar-refractivity contribution in [1.82, 2.24) is 19.7 Å². The van der Waals surface area contributed by atoms with Gasteiger partial charge in [-0.25, -0.2) is 14.6 Å². The van der Waals surface area contributed by atoms with Crippen LogP contribution in [0.15, 0.2) is 30.7 Å². The van der Waals surface area contributed by atoms with Gasteiger partial charge in [0.15, 0.2) is 5.65 Å². The summed E-state index contributed by atoms with van der Waals surface area (Å²) in [6.45, 7) is -0.164. The lowest BCUT2D eigenvalue weighted by Crippen LogP contribution is -2.38. The summed E-state index contributed by atoms with van der Waals surface area (Å²) in [5, 5.41) is 28.4. The van der Waals surface area contributed by atoms with E-state index in [1.54, 1.807) is 18.0 Å². The van der Waals surface area contributed by atoms with Crippen LogP contribution in [0.2, 0.25) is 5.02 Å². The zero-order valence-electron chi connectivity index (χ0n) is 16.9. The van der Waals surface area contributed by atoms with E-state index in [1.807, 2.05) is 18.2 Å². The first-order valence-corrected chi connectivity index (χ1v) is 10.5. The number of benzene rings is 1. The number of hydrogen-bond acceptors (Lipinski definition) is 7. The molecule has 1 aromatic carbocycles. The smallest absolute Gasteiger partial charge is 0.163 e. The summed E-state index contributed by atoms with van der Waals surface area (Å²) >= 11 is 6.49. The van der Waals surface area contributed by atoms with Crippen molar-refractivity contribution < 1.29 is 14.9 Å². The molecular weight excluding hydrogens is 406 g/mol. The largest absolute Gasteiger partial charge is 0.497 e. The molecule has 1 aliphatic rings. The highest BCUT2D eigenvalue weighted by molar-refractivity contribution is 6.31. The van der Waals surface area contributed by atoms with Gasteiger partial charge in [0.05, 0.1) is 37.9 Å². The number of nitrogens with one attached hydrogen (secondary N) is 1. The van der Waals surface area contributed by atoms with E-state index in [2.05, 4.69) is 20.4 Å². The van der Waals surface area contributed by atoms with Gasteiger partial charge in [0.2, 0.25) is 0 Å². The number of methoxy groups -OCH3 is 1. The number of fused-ring (bicyclic) bond motifs is 1. The minimum atomic E-state index is -0.893. The predicted molar refractivity (Wildman–Crippen MR) is 115 cm³/mol. The molecule has 2 heterocycles. The van der Waals surface area contributed by atoms with Crippen LogP contribution in [0.1, 0.15) is 31.2 Å². The Morgan fingerprint density at radius 2 is 2.10 bits per heavy atom. The normalized spacial score (nSPS) is 16.7. The molecule has 3 aromatic rings. The standard InChI is InChI=1S/C21H26ClN5O3/c1-30-16-4-5-18(22)14(8-16)9-21(6-2-3-7-21)26-19-17-10-25-27(11-15(29)12-28)20(17)24-13-23-19/h4-5,8,10,13,15,28-29H,2-3,6-7,9,11-12H2,1H3,(H,23,24,26). The molecular formula is C21H26ClN5O3. The second-order valence-corrected chi connectivity index (χ2v) is 8.28. The Hall–Kier alpha value is -2.42. The van der Waals surface area contributed by atoms with Gasteiger partial charge in [0.1, 0.15) is 17.9 Å². The van der Waals surface area contributed by atoms with Gasteiger partial charge in [-0.3, -0.25) is 0 Å². The van der Waals surface area contributed by atoms with Crippen LogP contribution in [0.25, 0.3) is 11.0 Å². The molecule has 3 N–H and O–H groups in total. The molecule has 1 unspecified atom stereocenters. The Kier molecular flexibility index (Phi) is 6.08. The van der Waals surface area contributed by atoms with E-state index < -0.39 is 6.10 Å². The molecule has 9 heteroatoms. The van der Waals surface area contributed by atoms with Crippen molar-refractivity contribution >= 4 is 28.5 Å². The molecule has 0 aliphatic heterocycles. The predicted octanol–water partition coefficient (Wildman–Crippen LogP) is 2.81. The van der Waals surface area contributed by atoms with E-state index >= 15 is 0 Å². The van der Waals surface area contributed by atoms with E-state index in [0.29, 0.717) is 11.5 Å². The first-order chi connectivity index (χ1) is 14.5. The lowest BCUT2D eigenvalue weighted by molar-refractivity contribution is 0.0792. The summed E-state index contributed by atoms with van der Waals surface area (Å²) < 4.78 is 6.96. The van der Waals surface area contributed by atoms with E-state index in [1.165, 1.54) is 6.33 Å². The summed E-state index contributed by atoms with van der Waals surface area (Å²) in [5.74, 6) is 1.50. The third-order valence-electron chi connectivity index (χ3n) is 5.75. The lowest BCUT2D eigenvalue weighted by atomic mass is 9.88. The fraction of sp³-hybridized carbons (Fsp3) is 0.476. The van der Waals surface area contributed by atoms with Crippen molar-refractivity contribution in [2.45, 2.75) is 50.3 Å². The fourth-order valence-corrected chi connectivity index (χ4v) is 4.39. The van der Waals surface area contributed by atoms with Gasteiger partial charge in [-0.15, -0.1) is 0 Å². The number of ether oxygens (including phenoxy) is 1. The average molecular weight is 432 g/mol. The van der Waals surface area contributed by atoms with Crippen molar-refractivity contribution in [3.8, 4) is 5.75 Å². The molecule has 1 fully saturated rings. The number of aliphatic hydroxyl groups excluding tert-OH is 2. The molecule has 4 rings (SSSR count). The Morgan fingerprint density at radius 3 is 2.83 bits per heavy atom. The van der Waals surface area contributed by atoms with Crippen molar-refractivity contribution in [2.24, 2.45) is 0 Å². The molecule has 30 heavy (non-hydrogen) atoms. The van der Waals surface area contributed by atoms with Gasteiger partial charge in [-0.05, 0) is 43.0 Å². The highest BCUT2D eigenvalue weighted by Gasteiger charge is 2.35. The molecule has 8 nitrogen and oxygen atoms in total. The third-order valence-corrected chi connectivity index (χ3v) is 6.12. The van der Waals surface area contributed by atoms with Crippen LogP contribution in [0.5, 0.6) is 5.75 Å². The molecule has 2 aromatic heterocycles. The van der Waals surface area contributed by atoms with E-state index in [9.17, 15) is 5.11 Å². The van der Waals surface area contributed by atoms with Crippen LogP contribution in [0.3, 0.4) is 0 Å². The van der Waals surface area contributed by atoms with Crippen molar-refractivity contribution in [3.63, 3.8) is 0 Å². The van der Waals surface area contributed by atoms with Gasteiger partial charge in [-0.2, -0.15) is 5.10 Å². The minimum absolute atomic E-state index is 0.168. The van der Waals surface area contributed by atoms with Crippen molar-refractivity contribution in [3.05, 3.63) is 41.3 Å². The summed E-state index contributed by atoms with van der Waals surface area (Å²) in [5.41, 5.74) is 1.48. The first kappa shape index (κ1) is 20.8. The number of hydrogen-bond donors (Lipinski definition) is 3. The molecule has 160 valence electrons. The highest BCUT2D eigenvalue weighted by Crippen LogP contribution is 2.38. The van der Waals surface area contributed by atoms with Crippen molar-refractivity contribution in [2.75, 3.05) is 19.0 Å². The van der Waals surface area contributed by atoms with Crippen LogP contribution in [0, 0.1) is 0 Å². The average Bonchev–Trinajstić information content (AvgIpc) is 3.38.